The van der Waals surface area contributed by atoms with Gasteiger partial charge < -0.3 is 14.6 Å². The Balaban J connectivity index is 1.78. The molecule has 0 atom stereocenters. The van der Waals surface area contributed by atoms with Gasteiger partial charge in [0.2, 0.25) is 5.82 Å². The van der Waals surface area contributed by atoms with Crippen LogP contribution in [0, 0.1) is 15.9 Å². The number of benzene rings is 1. The van der Waals surface area contributed by atoms with E-state index < -0.39 is 4.92 Å². The molecule has 0 aliphatic carbocycles. The van der Waals surface area contributed by atoms with Gasteiger partial charge >= 0.3 is 5.82 Å². The number of hydrogen-bond acceptors (Lipinski definition) is 6. The van der Waals surface area contributed by atoms with E-state index in [9.17, 15) is 14.5 Å². The highest BCUT2D eigenvalue weighted by Gasteiger charge is 2.14. The zero-order valence-electron chi connectivity index (χ0n) is 10.5. The smallest absolute Gasteiger partial charge is 0.358 e. The van der Waals surface area contributed by atoms with Gasteiger partial charge in [0.1, 0.15) is 12.4 Å². The van der Waals surface area contributed by atoms with E-state index in [2.05, 4.69) is 15.2 Å². The number of nitro groups is 1. The minimum atomic E-state index is -0.589. The van der Waals surface area contributed by atoms with E-state index in [-0.39, 0.29) is 24.1 Å². The molecule has 0 N–H and O–H groups in total. The van der Waals surface area contributed by atoms with Crippen LogP contribution in [0.2, 0.25) is 0 Å². The fourth-order valence-electron chi connectivity index (χ4n) is 1.71. The van der Waals surface area contributed by atoms with E-state index in [1.54, 1.807) is 0 Å². The number of halogens is 1. The lowest BCUT2D eigenvalue weighted by Crippen LogP contribution is -2.01. The van der Waals surface area contributed by atoms with Crippen molar-refractivity contribution in [2.75, 3.05) is 0 Å². The summed E-state index contributed by atoms with van der Waals surface area (Å²) >= 11 is 0. The van der Waals surface area contributed by atoms with E-state index in [0.29, 0.717) is 11.4 Å². The summed E-state index contributed by atoms with van der Waals surface area (Å²) < 4.78 is 19.2. The molecule has 0 aliphatic heterocycles. The molecule has 8 nitrogen and oxygen atoms in total. The van der Waals surface area contributed by atoms with Crippen LogP contribution in [0.3, 0.4) is 0 Å². The van der Waals surface area contributed by atoms with Crippen LogP contribution in [-0.4, -0.2) is 24.8 Å². The third kappa shape index (κ3) is 2.76. The first kappa shape index (κ1) is 12.9. The van der Waals surface area contributed by atoms with Gasteiger partial charge in [-0.25, -0.2) is 4.39 Å². The molecule has 0 unspecified atom stereocenters. The Morgan fingerprint density at radius 2 is 2.05 bits per heavy atom. The van der Waals surface area contributed by atoms with E-state index in [4.69, 9.17) is 4.52 Å². The normalized spacial score (nSPS) is 10.7. The molecule has 1 aromatic carbocycles. The maximum absolute atomic E-state index is 12.8. The van der Waals surface area contributed by atoms with Crippen LogP contribution in [0.4, 0.5) is 10.2 Å². The van der Waals surface area contributed by atoms with Crippen molar-refractivity contribution in [3.05, 3.63) is 58.4 Å². The lowest BCUT2D eigenvalue weighted by Gasteiger charge is -1.92. The second-order valence-electron chi connectivity index (χ2n) is 4.15. The Morgan fingerprint density at radius 3 is 2.71 bits per heavy atom. The molecule has 9 heteroatoms. The Bertz CT molecular complexity index is 780. The van der Waals surface area contributed by atoms with Crippen LogP contribution in [-0.2, 0) is 6.54 Å². The molecule has 0 fully saturated rings. The second kappa shape index (κ2) is 5.12. The van der Waals surface area contributed by atoms with Gasteiger partial charge in [0, 0.05) is 5.56 Å². The predicted octanol–water partition coefficient (Wildman–Crippen LogP) is 2.03. The molecule has 0 saturated carbocycles. The van der Waals surface area contributed by atoms with Gasteiger partial charge in [0.05, 0.1) is 17.4 Å². The molecule has 0 radical (unpaired) electrons. The second-order valence-corrected chi connectivity index (χ2v) is 4.15. The molecule has 106 valence electrons. The number of nitrogens with zero attached hydrogens (tertiary/aromatic N) is 5. The highest BCUT2D eigenvalue weighted by Crippen LogP contribution is 2.16. The third-order valence-electron chi connectivity index (χ3n) is 2.68. The van der Waals surface area contributed by atoms with Crippen molar-refractivity contribution in [2.24, 2.45) is 0 Å². The molecular weight excluding hydrogens is 281 g/mol. The summed E-state index contributed by atoms with van der Waals surface area (Å²) in [6, 6.07) is 6.92. The average Bonchev–Trinajstić information content (AvgIpc) is 3.10. The Kier molecular flexibility index (Phi) is 3.14. The topological polar surface area (TPSA) is 99.9 Å². The summed E-state index contributed by atoms with van der Waals surface area (Å²) in [6.45, 7) is 0.113. The molecule has 0 saturated heterocycles. The first-order chi connectivity index (χ1) is 10.1. The first-order valence-corrected chi connectivity index (χ1v) is 5.88. The van der Waals surface area contributed by atoms with Crippen molar-refractivity contribution in [3.8, 4) is 11.4 Å². The summed E-state index contributed by atoms with van der Waals surface area (Å²) in [5.74, 6) is -0.0569. The minimum absolute atomic E-state index is 0.113. The minimum Gasteiger partial charge on any atom is -0.358 e. The van der Waals surface area contributed by atoms with E-state index in [1.807, 2.05) is 0 Å². The summed E-state index contributed by atoms with van der Waals surface area (Å²) in [7, 11) is 0. The standard InChI is InChI=1S/C12H8FN5O3/c13-9-3-1-8(2-4-9)12-14-11(21-16-12)7-17-6-5-10(15-17)18(19)20/h1-6H,7H2. The zero-order chi connectivity index (χ0) is 14.8. The summed E-state index contributed by atoms with van der Waals surface area (Å²) in [5, 5.41) is 18.0. The molecule has 21 heavy (non-hydrogen) atoms. The zero-order valence-corrected chi connectivity index (χ0v) is 10.5. The molecule has 0 aliphatic rings. The van der Waals surface area contributed by atoms with Gasteiger partial charge in [-0.05, 0) is 29.2 Å². The summed E-state index contributed by atoms with van der Waals surface area (Å²) in [5.41, 5.74) is 0.609. The van der Waals surface area contributed by atoms with Gasteiger partial charge in [0.15, 0.2) is 0 Å². The van der Waals surface area contributed by atoms with Crippen molar-refractivity contribution in [2.45, 2.75) is 6.54 Å². The Labute approximate surface area is 117 Å². The van der Waals surface area contributed by atoms with Crippen LogP contribution >= 0.6 is 0 Å². The number of aromatic nitrogens is 4. The fraction of sp³-hybridized carbons (Fsp3) is 0.0833. The van der Waals surface area contributed by atoms with Crippen LogP contribution in [0.1, 0.15) is 5.89 Å². The third-order valence-corrected chi connectivity index (χ3v) is 2.68. The maximum Gasteiger partial charge on any atom is 0.389 e. The van der Waals surface area contributed by atoms with Crippen LogP contribution in [0.5, 0.6) is 0 Å². The number of hydrogen-bond donors (Lipinski definition) is 0. The first-order valence-electron chi connectivity index (χ1n) is 5.88. The van der Waals surface area contributed by atoms with E-state index in [0.717, 1.165) is 0 Å². The van der Waals surface area contributed by atoms with Crippen LogP contribution in [0.25, 0.3) is 11.4 Å². The predicted molar refractivity (Wildman–Crippen MR) is 67.7 cm³/mol. The summed E-state index contributed by atoms with van der Waals surface area (Å²) in [6.07, 6.45) is 1.44. The van der Waals surface area contributed by atoms with E-state index in [1.165, 1.54) is 41.2 Å². The van der Waals surface area contributed by atoms with Gasteiger partial charge in [-0.3, -0.25) is 0 Å². The summed E-state index contributed by atoms with van der Waals surface area (Å²) in [4.78, 5) is 14.1. The molecule has 2 heterocycles. The quantitative estimate of drug-likeness (QED) is 0.538. The van der Waals surface area contributed by atoms with Crippen molar-refractivity contribution in [1.82, 2.24) is 19.9 Å². The average molecular weight is 289 g/mol. The SMILES string of the molecule is O=[N+]([O-])c1ccn(Cc2nc(-c3ccc(F)cc3)no2)n1. The van der Waals surface area contributed by atoms with Gasteiger partial charge in [-0.2, -0.15) is 9.67 Å². The molecule has 0 spiro atoms. The van der Waals surface area contributed by atoms with Crippen LogP contribution in [0.15, 0.2) is 41.1 Å². The Hall–Kier alpha value is -3.10. The molecule has 2 aromatic heterocycles. The highest BCUT2D eigenvalue weighted by atomic mass is 19.1. The molecule has 3 aromatic rings. The largest absolute Gasteiger partial charge is 0.389 e. The van der Waals surface area contributed by atoms with Gasteiger partial charge in [-0.15, -0.1) is 0 Å². The molecular formula is C12H8FN5O3. The van der Waals surface area contributed by atoms with Crippen molar-refractivity contribution < 1.29 is 13.8 Å². The Morgan fingerprint density at radius 1 is 1.29 bits per heavy atom. The fourth-order valence-corrected chi connectivity index (χ4v) is 1.71. The van der Waals surface area contributed by atoms with Crippen molar-refractivity contribution in [3.63, 3.8) is 0 Å². The van der Waals surface area contributed by atoms with Crippen molar-refractivity contribution >= 4 is 5.82 Å². The lowest BCUT2D eigenvalue weighted by atomic mass is 10.2. The maximum atomic E-state index is 12.8. The van der Waals surface area contributed by atoms with Crippen LogP contribution < -0.4 is 0 Å². The molecule has 0 amide bonds. The highest BCUT2D eigenvalue weighted by molar-refractivity contribution is 5.53. The molecule has 3 rings (SSSR count). The van der Waals surface area contributed by atoms with E-state index >= 15 is 0 Å². The van der Waals surface area contributed by atoms with Crippen molar-refractivity contribution in [1.29, 1.82) is 0 Å². The lowest BCUT2D eigenvalue weighted by molar-refractivity contribution is -0.389. The number of rotatable bonds is 4. The van der Waals surface area contributed by atoms with Gasteiger partial charge in [-0.1, -0.05) is 5.16 Å². The molecule has 0 bridgehead atoms. The monoisotopic (exact) mass is 289 g/mol. The van der Waals surface area contributed by atoms with Gasteiger partial charge in [0.25, 0.3) is 5.89 Å².